The zero-order valence-corrected chi connectivity index (χ0v) is 11.4. The van der Waals surface area contributed by atoms with Gasteiger partial charge in [-0.3, -0.25) is 0 Å². The third kappa shape index (κ3) is 3.64. The lowest BCUT2D eigenvalue weighted by Gasteiger charge is -2.12. The predicted molar refractivity (Wildman–Crippen MR) is 74.9 cm³/mol. The standard InChI is InChI=1S/C15H21NO3/c1-3-5-6-7-17-13-9-15-14(18-11-19-15)8-12(13)10-16-4-2/h3,8-9,16H,1,4-7,10-11H2,2H3. The lowest BCUT2D eigenvalue weighted by Crippen LogP contribution is -2.13. The Kier molecular flexibility index (Phi) is 5.10. The van der Waals surface area contributed by atoms with Crippen LogP contribution < -0.4 is 19.5 Å². The Balaban J connectivity index is 2.07. The zero-order chi connectivity index (χ0) is 13.5. The largest absolute Gasteiger partial charge is 0.493 e. The molecule has 0 saturated heterocycles. The van der Waals surface area contributed by atoms with E-state index in [0.717, 1.165) is 48.7 Å². The lowest BCUT2D eigenvalue weighted by molar-refractivity contribution is 0.173. The van der Waals surface area contributed by atoms with Gasteiger partial charge in [-0.2, -0.15) is 0 Å². The minimum absolute atomic E-state index is 0.288. The van der Waals surface area contributed by atoms with Gasteiger partial charge < -0.3 is 19.5 Å². The number of nitrogens with one attached hydrogen (secondary N) is 1. The van der Waals surface area contributed by atoms with Crippen LogP contribution in [0.3, 0.4) is 0 Å². The first-order valence-corrected chi connectivity index (χ1v) is 6.72. The van der Waals surface area contributed by atoms with Crippen molar-refractivity contribution >= 4 is 0 Å². The van der Waals surface area contributed by atoms with Gasteiger partial charge in [0.2, 0.25) is 6.79 Å². The average Bonchev–Trinajstić information content (AvgIpc) is 2.88. The molecule has 0 bridgehead atoms. The molecule has 0 spiro atoms. The van der Waals surface area contributed by atoms with Crippen LogP contribution in [0.15, 0.2) is 24.8 Å². The van der Waals surface area contributed by atoms with Crippen molar-refractivity contribution in [1.29, 1.82) is 0 Å². The number of benzene rings is 1. The second kappa shape index (κ2) is 7.04. The van der Waals surface area contributed by atoms with Crippen LogP contribution in [0.4, 0.5) is 0 Å². The summed E-state index contributed by atoms with van der Waals surface area (Å²) < 4.78 is 16.6. The van der Waals surface area contributed by atoms with Crippen molar-refractivity contribution in [3.05, 3.63) is 30.4 Å². The molecule has 0 atom stereocenters. The molecule has 1 heterocycles. The molecule has 2 rings (SSSR count). The zero-order valence-electron chi connectivity index (χ0n) is 11.4. The molecule has 0 fully saturated rings. The highest BCUT2D eigenvalue weighted by Crippen LogP contribution is 2.38. The molecule has 1 aliphatic heterocycles. The van der Waals surface area contributed by atoms with E-state index in [1.54, 1.807) is 0 Å². The molecule has 4 heteroatoms. The smallest absolute Gasteiger partial charge is 0.231 e. The van der Waals surface area contributed by atoms with Gasteiger partial charge in [0, 0.05) is 18.2 Å². The van der Waals surface area contributed by atoms with E-state index in [4.69, 9.17) is 14.2 Å². The first-order chi connectivity index (χ1) is 9.35. The van der Waals surface area contributed by atoms with E-state index < -0.39 is 0 Å². The van der Waals surface area contributed by atoms with Crippen LogP contribution >= 0.6 is 0 Å². The Morgan fingerprint density at radius 3 is 2.89 bits per heavy atom. The molecular weight excluding hydrogens is 242 g/mol. The van der Waals surface area contributed by atoms with Gasteiger partial charge in [0.25, 0.3) is 0 Å². The Bertz CT molecular complexity index is 432. The third-order valence-electron chi connectivity index (χ3n) is 2.93. The number of hydrogen-bond acceptors (Lipinski definition) is 4. The highest BCUT2D eigenvalue weighted by molar-refractivity contribution is 5.51. The second-order valence-electron chi connectivity index (χ2n) is 4.37. The van der Waals surface area contributed by atoms with E-state index in [0.29, 0.717) is 6.61 Å². The molecule has 1 aromatic carbocycles. The quantitative estimate of drug-likeness (QED) is 0.578. The number of fused-ring (bicyclic) bond motifs is 1. The summed E-state index contributed by atoms with van der Waals surface area (Å²) in [5.74, 6) is 2.43. The van der Waals surface area contributed by atoms with Gasteiger partial charge in [-0.25, -0.2) is 0 Å². The van der Waals surface area contributed by atoms with E-state index >= 15 is 0 Å². The van der Waals surface area contributed by atoms with Crippen LogP contribution in [-0.2, 0) is 6.54 Å². The van der Waals surface area contributed by atoms with Crippen LogP contribution in [0.1, 0.15) is 25.3 Å². The third-order valence-corrected chi connectivity index (χ3v) is 2.93. The van der Waals surface area contributed by atoms with Crippen LogP contribution in [0.5, 0.6) is 17.2 Å². The van der Waals surface area contributed by atoms with Gasteiger partial charge in [-0.05, 0) is 25.5 Å². The van der Waals surface area contributed by atoms with Crippen LogP contribution in [0.25, 0.3) is 0 Å². The van der Waals surface area contributed by atoms with E-state index in [1.165, 1.54) is 0 Å². The average molecular weight is 263 g/mol. The normalized spacial score (nSPS) is 12.5. The van der Waals surface area contributed by atoms with E-state index in [-0.39, 0.29) is 6.79 Å². The summed E-state index contributed by atoms with van der Waals surface area (Å²) in [6.07, 6.45) is 3.84. The fraction of sp³-hybridized carbons (Fsp3) is 0.467. The topological polar surface area (TPSA) is 39.7 Å². The van der Waals surface area contributed by atoms with Gasteiger partial charge in [-0.15, -0.1) is 6.58 Å². The highest BCUT2D eigenvalue weighted by atomic mass is 16.7. The molecule has 19 heavy (non-hydrogen) atoms. The van der Waals surface area contributed by atoms with Crippen molar-refractivity contribution in [2.75, 3.05) is 19.9 Å². The number of unbranched alkanes of at least 4 members (excludes halogenated alkanes) is 1. The first-order valence-electron chi connectivity index (χ1n) is 6.72. The summed E-state index contributed by atoms with van der Waals surface area (Å²) in [5, 5.41) is 3.31. The first kappa shape index (κ1) is 13.7. The monoisotopic (exact) mass is 263 g/mol. The summed E-state index contributed by atoms with van der Waals surface area (Å²) in [7, 11) is 0. The molecule has 1 aliphatic rings. The van der Waals surface area contributed by atoms with Gasteiger partial charge in [0.05, 0.1) is 6.61 Å². The van der Waals surface area contributed by atoms with Gasteiger partial charge >= 0.3 is 0 Å². The molecule has 4 nitrogen and oxygen atoms in total. The molecular formula is C15H21NO3. The molecule has 0 unspecified atom stereocenters. The SMILES string of the molecule is C=CCCCOc1cc2c(cc1CNCC)OCO2. The van der Waals surface area contributed by atoms with Crippen molar-refractivity contribution in [2.24, 2.45) is 0 Å². The maximum absolute atomic E-state index is 5.84. The number of allylic oxidation sites excluding steroid dienone is 1. The summed E-state index contributed by atoms with van der Waals surface area (Å²) in [5.41, 5.74) is 1.10. The van der Waals surface area contributed by atoms with E-state index in [9.17, 15) is 0 Å². The minimum Gasteiger partial charge on any atom is -0.493 e. The van der Waals surface area contributed by atoms with Crippen LogP contribution in [0.2, 0.25) is 0 Å². The van der Waals surface area contributed by atoms with Crippen molar-refractivity contribution in [3.63, 3.8) is 0 Å². The Morgan fingerprint density at radius 2 is 2.16 bits per heavy atom. The lowest BCUT2D eigenvalue weighted by atomic mass is 10.1. The molecule has 0 saturated carbocycles. The molecule has 1 N–H and O–H groups in total. The van der Waals surface area contributed by atoms with Gasteiger partial charge in [-0.1, -0.05) is 13.0 Å². The van der Waals surface area contributed by atoms with Gasteiger partial charge in [0.1, 0.15) is 5.75 Å². The molecule has 0 aliphatic carbocycles. The van der Waals surface area contributed by atoms with Crippen molar-refractivity contribution in [2.45, 2.75) is 26.3 Å². The van der Waals surface area contributed by atoms with E-state index in [2.05, 4.69) is 18.8 Å². The molecule has 0 amide bonds. The van der Waals surface area contributed by atoms with E-state index in [1.807, 2.05) is 18.2 Å². The Morgan fingerprint density at radius 1 is 1.37 bits per heavy atom. The van der Waals surface area contributed by atoms with Crippen LogP contribution in [0, 0.1) is 0 Å². The molecule has 1 aromatic rings. The number of rotatable bonds is 8. The predicted octanol–water partition coefficient (Wildman–Crippen LogP) is 2.87. The Labute approximate surface area is 114 Å². The highest BCUT2D eigenvalue weighted by Gasteiger charge is 2.17. The second-order valence-corrected chi connectivity index (χ2v) is 4.37. The van der Waals surface area contributed by atoms with Gasteiger partial charge in [0.15, 0.2) is 11.5 Å². The molecule has 0 aromatic heterocycles. The minimum atomic E-state index is 0.288. The maximum atomic E-state index is 5.84. The summed E-state index contributed by atoms with van der Waals surface area (Å²) in [4.78, 5) is 0. The van der Waals surface area contributed by atoms with Crippen molar-refractivity contribution < 1.29 is 14.2 Å². The number of hydrogen-bond donors (Lipinski definition) is 1. The fourth-order valence-electron chi connectivity index (χ4n) is 1.91. The molecule has 104 valence electrons. The Hall–Kier alpha value is -1.68. The van der Waals surface area contributed by atoms with Crippen molar-refractivity contribution in [1.82, 2.24) is 5.32 Å². The fourth-order valence-corrected chi connectivity index (χ4v) is 1.91. The molecule has 0 radical (unpaired) electrons. The number of ether oxygens (including phenoxy) is 3. The summed E-state index contributed by atoms with van der Waals surface area (Å²) >= 11 is 0. The summed E-state index contributed by atoms with van der Waals surface area (Å²) in [6.45, 7) is 8.45. The van der Waals surface area contributed by atoms with Crippen LogP contribution in [-0.4, -0.2) is 19.9 Å². The maximum Gasteiger partial charge on any atom is 0.231 e. The van der Waals surface area contributed by atoms with Crippen molar-refractivity contribution in [3.8, 4) is 17.2 Å². The summed E-state index contributed by atoms with van der Waals surface area (Å²) in [6, 6.07) is 3.91.